The molecule has 2 nitrogen and oxygen atoms in total. The Balaban J connectivity index is 2.82. The molecule has 0 saturated heterocycles. The van der Waals surface area contributed by atoms with Crippen LogP contribution in [0.4, 0.5) is 0 Å². The minimum absolute atomic E-state index is 0.637. The van der Waals surface area contributed by atoms with E-state index in [-0.39, 0.29) is 0 Å². The van der Waals surface area contributed by atoms with Crippen LogP contribution in [0.25, 0.3) is 11.0 Å². The molecular weight excluding hydrogens is 160 g/mol. The Morgan fingerprint density at radius 2 is 2.27 bits per heavy atom. The van der Waals surface area contributed by atoms with E-state index in [2.05, 4.69) is 9.97 Å². The minimum Gasteiger partial charge on any atom is -0.330 e. The average Bonchev–Trinajstić information content (AvgIpc) is 2.27. The lowest BCUT2D eigenvalue weighted by Gasteiger charge is -1.89. The number of hydrogen-bond acceptors (Lipinski definition) is 1. The summed E-state index contributed by atoms with van der Waals surface area (Å²) in [6, 6.07) is 5.83. The summed E-state index contributed by atoms with van der Waals surface area (Å²) in [4.78, 5) is 7.21. The molecule has 2 aromatic heterocycles. The molecule has 0 aliphatic heterocycles. The molecule has 56 valence electrons. The number of hydrogen-bond donors (Lipinski definition) is 1. The summed E-state index contributed by atoms with van der Waals surface area (Å²) in [6.07, 6.45) is 0. The van der Waals surface area contributed by atoms with Crippen molar-refractivity contribution >= 4 is 22.6 Å². The van der Waals surface area contributed by atoms with Crippen LogP contribution in [-0.2, 0) is 0 Å². The van der Waals surface area contributed by atoms with Gasteiger partial charge in [-0.1, -0.05) is 11.6 Å². The topological polar surface area (TPSA) is 28.7 Å². The summed E-state index contributed by atoms with van der Waals surface area (Å²) in [5.74, 6) is 0. The van der Waals surface area contributed by atoms with Gasteiger partial charge in [-0.2, -0.15) is 0 Å². The number of nitrogens with zero attached hydrogens (tertiary/aromatic N) is 1. The summed E-state index contributed by atoms with van der Waals surface area (Å²) in [5, 5.41) is 1.69. The number of fused-ring (bicyclic) bond motifs is 1. The fraction of sp³-hybridized carbons (Fsp3) is 0.125. The van der Waals surface area contributed by atoms with E-state index in [9.17, 15) is 0 Å². The molecule has 0 amide bonds. The molecule has 0 fully saturated rings. The Kier molecular flexibility index (Phi) is 1.36. The molecule has 2 rings (SSSR count). The first kappa shape index (κ1) is 6.68. The lowest BCUT2D eigenvalue weighted by molar-refractivity contribution is 1.22. The first-order valence-electron chi connectivity index (χ1n) is 3.37. The number of pyridine rings is 1. The smallest absolute Gasteiger partial charge is 0.138 e. The van der Waals surface area contributed by atoms with Crippen LogP contribution in [-0.4, -0.2) is 9.97 Å². The highest BCUT2D eigenvalue weighted by Gasteiger charge is 1.98. The molecule has 0 atom stereocenters. The molecular formula is C8H7ClN2. The van der Waals surface area contributed by atoms with Crippen molar-refractivity contribution in [2.45, 2.75) is 6.92 Å². The molecule has 0 aromatic carbocycles. The molecule has 0 unspecified atom stereocenters. The number of nitrogens with one attached hydrogen (secondary N) is 1. The third-order valence-corrected chi connectivity index (χ3v) is 1.79. The van der Waals surface area contributed by atoms with Crippen LogP contribution in [0.5, 0.6) is 0 Å². The lowest BCUT2D eigenvalue weighted by Crippen LogP contribution is -1.79. The van der Waals surface area contributed by atoms with Gasteiger partial charge in [0.05, 0.1) is 0 Å². The van der Waals surface area contributed by atoms with E-state index in [4.69, 9.17) is 11.6 Å². The Labute approximate surface area is 69.2 Å². The number of aromatic nitrogens is 2. The van der Waals surface area contributed by atoms with E-state index in [1.807, 2.05) is 25.1 Å². The number of aryl methyl sites for hydroxylation is 1. The van der Waals surface area contributed by atoms with Crippen molar-refractivity contribution in [2.24, 2.45) is 0 Å². The zero-order chi connectivity index (χ0) is 7.84. The van der Waals surface area contributed by atoms with Crippen LogP contribution in [0, 0.1) is 6.92 Å². The van der Waals surface area contributed by atoms with E-state index >= 15 is 0 Å². The summed E-state index contributed by atoms with van der Waals surface area (Å²) >= 11 is 5.74. The largest absolute Gasteiger partial charge is 0.330 e. The summed E-state index contributed by atoms with van der Waals surface area (Å²) < 4.78 is 0. The van der Waals surface area contributed by atoms with Crippen LogP contribution in [0.1, 0.15) is 5.69 Å². The van der Waals surface area contributed by atoms with E-state index in [0.29, 0.717) is 5.15 Å². The number of aromatic amines is 1. The maximum absolute atomic E-state index is 5.74. The second kappa shape index (κ2) is 2.24. The Morgan fingerprint density at radius 1 is 1.45 bits per heavy atom. The molecule has 3 heteroatoms. The van der Waals surface area contributed by atoms with Crippen LogP contribution in [0.3, 0.4) is 0 Å². The van der Waals surface area contributed by atoms with Crippen molar-refractivity contribution in [3.63, 3.8) is 0 Å². The molecule has 1 N–H and O–H groups in total. The molecule has 0 aliphatic rings. The summed E-state index contributed by atoms with van der Waals surface area (Å²) in [7, 11) is 0. The van der Waals surface area contributed by atoms with Gasteiger partial charge in [0.2, 0.25) is 0 Å². The van der Waals surface area contributed by atoms with Gasteiger partial charge in [0.1, 0.15) is 10.8 Å². The predicted molar refractivity (Wildman–Crippen MR) is 45.8 cm³/mol. The SMILES string of the molecule is Cc1ccc2cc(Cl)[nH]c2n1. The van der Waals surface area contributed by atoms with E-state index < -0.39 is 0 Å². The van der Waals surface area contributed by atoms with Crippen molar-refractivity contribution < 1.29 is 0 Å². The van der Waals surface area contributed by atoms with Gasteiger partial charge in [-0.15, -0.1) is 0 Å². The highest BCUT2D eigenvalue weighted by Crippen LogP contribution is 2.16. The van der Waals surface area contributed by atoms with Crippen molar-refractivity contribution in [1.29, 1.82) is 0 Å². The second-order valence-electron chi connectivity index (χ2n) is 2.51. The first-order valence-corrected chi connectivity index (χ1v) is 3.75. The molecule has 0 radical (unpaired) electrons. The number of halogens is 1. The second-order valence-corrected chi connectivity index (χ2v) is 2.91. The zero-order valence-electron chi connectivity index (χ0n) is 6.06. The highest BCUT2D eigenvalue weighted by molar-refractivity contribution is 6.30. The van der Waals surface area contributed by atoms with Crippen molar-refractivity contribution in [3.05, 3.63) is 29.0 Å². The lowest BCUT2D eigenvalue weighted by atomic mass is 10.3. The van der Waals surface area contributed by atoms with Gasteiger partial charge in [0.25, 0.3) is 0 Å². The Hall–Kier alpha value is -1.02. The van der Waals surface area contributed by atoms with E-state index in [1.165, 1.54) is 0 Å². The molecule has 0 aliphatic carbocycles. The van der Waals surface area contributed by atoms with Crippen molar-refractivity contribution in [2.75, 3.05) is 0 Å². The molecule has 2 heterocycles. The van der Waals surface area contributed by atoms with Crippen LogP contribution in [0.2, 0.25) is 5.15 Å². The number of H-pyrrole nitrogens is 1. The quantitative estimate of drug-likeness (QED) is 0.640. The number of rotatable bonds is 0. The molecule has 0 bridgehead atoms. The third kappa shape index (κ3) is 1.10. The van der Waals surface area contributed by atoms with Gasteiger partial charge >= 0.3 is 0 Å². The normalized spacial score (nSPS) is 10.7. The van der Waals surface area contributed by atoms with Gasteiger partial charge in [-0.3, -0.25) is 0 Å². The van der Waals surface area contributed by atoms with Crippen LogP contribution in [0.15, 0.2) is 18.2 Å². The van der Waals surface area contributed by atoms with Gasteiger partial charge in [0.15, 0.2) is 0 Å². The van der Waals surface area contributed by atoms with Crippen molar-refractivity contribution in [1.82, 2.24) is 9.97 Å². The standard InChI is InChI=1S/C8H7ClN2/c1-5-2-3-6-4-7(9)11-8(6)10-5/h2-4H,1H3,(H,10,11). The predicted octanol–water partition coefficient (Wildman–Crippen LogP) is 2.52. The monoisotopic (exact) mass is 166 g/mol. The minimum atomic E-state index is 0.637. The van der Waals surface area contributed by atoms with Crippen LogP contribution < -0.4 is 0 Å². The molecule has 0 saturated carbocycles. The average molecular weight is 167 g/mol. The van der Waals surface area contributed by atoms with Crippen LogP contribution >= 0.6 is 11.6 Å². The van der Waals surface area contributed by atoms with Gasteiger partial charge in [0, 0.05) is 11.1 Å². The maximum atomic E-state index is 5.74. The molecule has 2 aromatic rings. The van der Waals surface area contributed by atoms with Gasteiger partial charge in [-0.25, -0.2) is 4.98 Å². The summed E-state index contributed by atoms with van der Waals surface area (Å²) in [5.41, 5.74) is 1.85. The summed E-state index contributed by atoms with van der Waals surface area (Å²) in [6.45, 7) is 1.95. The third-order valence-electron chi connectivity index (χ3n) is 1.59. The molecule has 0 spiro atoms. The zero-order valence-corrected chi connectivity index (χ0v) is 6.81. The Morgan fingerprint density at radius 3 is 3.09 bits per heavy atom. The molecule has 11 heavy (non-hydrogen) atoms. The van der Waals surface area contributed by atoms with E-state index in [1.54, 1.807) is 0 Å². The first-order chi connectivity index (χ1) is 5.25. The van der Waals surface area contributed by atoms with E-state index in [0.717, 1.165) is 16.7 Å². The fourth-order valence-corrected chi connectivity index (χ4v) is 1.28. The van der Waals surface area contributed by atoms with Gasteiger partial charge < -0.3 is 4.98 Å². The Bertz CT molecular complexity index is 392. The highest BCUT2D eigenvalue weighted by atomic mass is 35.5. The van der Waals surface area contributed by atoms with Crippen molar-refractivity contribution in [3.8, 4) is 0 Å². The van der Waals surface area contributed by atoms with Gasteiger partial charge in [-0.05, 0) is 25.1 Å². The maximum Gasteiger partial charge on any atom is 0.138 e. The fourth-order valence-electron chi connectivity index (χ4n) is 1.07.